The van der Waals surface area contributed by atoms with E-state index < -0.39 is 0 Å². The van der Waals surface area contributed by atoms with E-state index in [0.717, 1.165) is 32.5 Å². The Morgan fingerprint density at radius 2 is 2.06 bits per heavy atom. The smallest absolute Gasteiger partial charge is 0.157 e. The summed E-state index contributed by atoms with van der Waals surface area (Å²) in [5, 5.41) is 8.94. The summed E-state index contributed by atoms with van der Waals surface area (Å²) >= 11 is 0. The van der Waals surface area contributed by atoms with Crippen LogP contribution in [0.25, 0.3) is 0 Å². The molecule has 5 heteroatoms. The molecule has 1 fully saturated rings. The van der Waals surface area contributed by atoms with Crippen LogP contribution in [0, 0.1) is 0 Å². The number of nitrogens with zero attached hydrogens (tertiary/aromatic N) is 1. The first-order chi connectivity index (χ1) is 8.36. The van der Waals surface area contributed by atoms with Crippen LogP contribution >= 0.6 is 0 Å². The van der Waals surface area contributed by atoms with Crippen LogP contribution in [-0.4, -0.2) is 69.5 Å². The Morgan fingerprint density at radius 3 is 2.71 bits per heavy atom. The molecule has 5 nitrogen and oxygen atoms in total. The zero-order valence-electron chi connectivity index (χ0n) is 10.8. The predicted molar refractivity (Wildman–Crippen MR) is 64.9 cm³/mol. The fourth-order valence-electron chi connectivity index (χ4n) is 1.85. The van der Waals surface area contributed by atoms with Gasteiger partial charge in [-0.05, 0) is 19.3 Å². The van der Waals surface area contributed by atoms with E-state index in [4.69, 9.17) is 19.3 Å². The molecule has 1 aliphatic heterocycles. The summed E-state index contributed by atoms with van der Waals surface area (Å²) in [5.74, 6) is 0. The Hall–Kier alpha value is -0.200. The van der Waals surface area contributed by atoms with Crippen molar-refractivity contribution in [3.63, 3.8) is 0 Å². The summed E-state index contributed by atoms with van der Waals surface area (Å²) < 4.78 is 16.2. The Labute approximate surface area is 104 Å². The van der Waals surface area contributed by atoms with Gasteiger partial charge in [0, 0.05) is 33.4 Å². The topological polar surface area (TPSA) is 51.2 Å². The summed E-state index contributed by atoms with van der Waals surface area (Å²) in [4.78, 5) is 2.13. The van der Waals surface area contributed by atoms with Gasteiger partial charge in [0.05, 0.1) is 19.8 Å². The maximum atomic E-state index is 8.94. The number of aliphatic hydroxyl groups is 1. The molecule has 1 heterocycles. The van der Waals surface area contributed by atoms with Gasteiger partial charge >= 0.3 is 0 Å². The van der Waals surface area contributed by atoms with E-state index in [-0.39, 0.29) is 12.9 Å². The van der Waals surface area contributed by atoms with Crippen molar-refractivity contribution >= 4 is 0 Å². The number of ether oxygens (including phenoxy) is 3. The maximum Gasteiger partial charge on any atom is 0.157 e. The lowest BCUT2D eigenvalue weighted by molar-refractivity contribution is -0.164. The van der Waals surface area contributed by atoms with Crippen molar-refractivity contribution in [2.45, 2.75) is 25.6 Å². The second kappa shape index (κ2) is 9.79. The van der Waals surface area contributed by atoms with Crippen LogP contribution in [0.4, 0.5) is 0 Å². The van der Waals surface area contributed by atoms with E-state index in [1.807, 2.05) is 0 Å². The van der Waals surface area contributed by atoms with Crippen LogP contribution in [0.15, 0.2) is 0 Å². The molecule has 1 saturated heterocycles. The third-order valence-corrected chi connectivity index (χ3v) is 2.88. The van der Waals surface area contributed by atoms with Gasteiger partial charge in [-0.1, -0.05) is 0 Å². The summed E-state index contributed by atoms with van der Waals surface area (Å²) in [7, 11) is 1.68. The summed E-state index contributed by atoms with van der Waals surface area (Å²) in [5.41, 5.74) is 0. The van der Waals surface area contributed by atoms with Crippen LogP contribution in [0.3, 0.4) is 0 Å². The molecule has 0 radical (unpaired) electrons. The predicted octanol–water partition coefficient (Wildman–Crippen LogP) is 0.470. The quantitative estimate of drug-likeness (QED) is 0.642. The third kappa shape index (κ3) is 6.95. The van der Waals surface area contributed by atoms with Gasteiger partial charge in [0.15, 0.2) is 6.29 Å². The molecule has 0 spiro atoms. The summed E-state index contributed by atoms with van der Waals surface area (Å²) in [6.45, 7) is 4.61. The number of rotatable bonds is 9. The highest BCUT2D eigenvalue weighted by atomic mass is 16.7. The average Bonchev–Trinajstić information content (AvgIpc) is 2.37. The van der Waals surface area contributed by atoms with E-state index in [0.29, 0.717) is 19.8 Å². The zero-order valence-corrected chi connectivity index (χ0v) is 10.8. The van der Waals surface area contributed by atoms with E-state index in [2.05, 4.69) is 4.90 Å². The van der Waals surface area contributed by atoms with Crippen LogP contribution in [0.5, 0.6) is 0 Å². The van der Waals surface area contributed by atoms with Gasteiger partial charge in [0.25, 0.3) is 0 Å². The molecule has 1 N–H and O–H groups in total. The number of methoxy groups -OCH3 is 1. The molecule has 0 aromatic carbocycles. The molecule has 102 valence electrons. The van der Waals surface area contributed by atoms with Crippen LogP contribution < -0.4 is 0 Å². The van der Waals surface area contributed by atoms with Crippen molar-refractivity contribution in [3.05, 3.63) is 0 Å². The number of hydrogen-bond donors (Lipinski definition) is 1. The fraction of sp³-hybridized carbons (Fsp3) is 1.00. The molecule has 17 heavy (non-hydrogen) atoms. The highest BCUT2D eigenvalue weighted by molar-refractivity contribution is 4.58. The van der Waals surface area contributed by atoms with Crippen LogP contribution in [0.1, 0.15) is 19.3 Å². The Balaban J connectivity index is 2.07. The lowest BCUT2D eigenvalue weighted by atomic mass is 10.2. The molecule has 1 unspecified atom stereocenters. The summed E-state index contributed by atoms with van der Waals surface area (Å²) in [6.07, 6.45) is 3.30. The molecule has 0 saturated carbocycles. The Morgan fingerprint density at radius 1 is 1.24 bits per heavy atom. The molecule has 0 aromatic rings. The van der Waals surface area contributed by atoms with Gasteiger partial charge in [-0.2, -0.15) is 0 Å². The lowest BCUT2D eigenvalue weighted by Gasteiger charge is -2.25. The Kier molecular flexibility index (Phi) is 8.56. The van der Waals surface area contributed by atoms with E-state index in [9.17, 15) is 0 Å². The van der Waals surface area contributed by atoms with Crippen molar-refractivity contribution < 1.29 is 19.3 Å². The zero-order chi connectivity index (χ0) is 12.3. The van der Waals surface area contributed by atoms with Crippen molar-refractivity contribution in [1.82, 2.24) is 4.90 Å². The first kappa shape index (κ1) is 14.9. The number of aliphatic hydroxyl groups excluding tert-OH is 1. The largest absolute Gasteiger partial charge is 0.395 e. The first-order valence-electron chi connectivity index (χ1n) is 6.42. The van der Waals surface area contributed by atoms with Gasteiger partial charge in [-0.25, -0.2) is 0 Å². The molecule has 0 aliphatic carbocycles. The molecular weight excluding hydrogens is 222 g/mol. The molecule has 0 bridgehead atoms. The molecular formula is C12H25NO4. The SMILES string of the molecule is COCCN(CCO)CCOC1CCCCO1. The fourth-order valence-corrected chi connectivity index (χ4v) is 1.85. The molecule has 0 amide bonds. The first-order valence-corrected chi connectivity index (χ1v) is 6.42. The molecule has 1 aliphatic rings. The van der Waals surface area contributed by atoms with Crippen molar-refractivity contribution in [2.75, 3.05) is 53.2 Å². The maximum absolute atomic E-state index is 8.94. The van der Waals surface area contributed by atoms with Crippen molar-refractivity contribution in [3.8, 4) is 0 Å². The van der Waals surface area contributed by atoms with E-state index >= 15 is 0 Å². The third-order valence-electron chi connectivity index (χ3n) is 2.88. The highest BCUT2D eigenvalue weighted by Gasteiger charge is 2.14. The van der Waals surface area contributed by atoms with Gasteiger partial charge in [0.1, 0.15) is 0 Å². The van der Waals surface area contributed by atoms with Gasteiger partial charge < -0.3 is 19.3 Å². The van der Waals surface area contributed by atoms with Crippen LogP contribution in [-0.2, 0) is 14.2 Å². The van der Waals surface area contributed by atoms with Crippen molar-refractivity contribution in [2.24, 2.45) is 0 Å². The van der Waals surface area contributed by atoms with Gasteiger partial charge in [0.2, 0.25) is 0 Å². The second-order valence-electron chi connectivity index (χ2n) is 4.22. The molecule has 0 aromatic heterocycles. The standard InChI is InChI=1S/C12H25NO4/c1-15-10-6-13(5-8-14)7-11-17-12-4-2-3-9-16-12/h12,14H,2-11H2,1H3. The lowest BCUT2D eigenvalue weighted by Crippen LogP contribution is -2.34. The minimum atomic E-state index is -0.0258. The summed E-state index contributed by atoms with van der Waals surface area (Å²) in [6, 6.07) is 0. The average molecular weight is 247 g/mol. The van der Waals surface area contributed by atoms with Gasteiger partial charge in [-0.3, -0.25) is 4.90 Å². The second-order valence-corrected chi connectivity index (χ2v) is 4.22. The molecule has 1 atom stereocenters. The minimum Gasteiger partial charge on any atom is -0.395 e. The van der Waals surface area contributed by atoms with E-state index in [1.54, 1.807) is 7.11 Å². The molecule has 1 rings (SSSR count). The monoisotopic (exact) mass is 247 g/mol. The minimum absolute atomic E-state index is 0.0258. The Bertz CT molecular complexity index is 174. The normalized spacial score (nSPS) is 21.0. The van der Waals surface area contributed by atoms with Crippen LogP contribution in [0.2, 0.25) is 0 Å². The van der Waals surface area contributed by atoms with E-state index in [1.165, 1.54) is 6.42 Å². The van der Waals surface area contributed by atoms with Gasteiger partial charge in [-0.15, -0.1) is 0 Å². The highest BCUT2D eigenvalue weighted by Crippen LogP contribution is 2.13. The number of hydrogen-bond acceptors (Lipinski definition) is 5. The van der Waals surface area contributed by atoms with Crippen molar-refractivity contribution in [1.29, 1.82) is 0 Å².